The van der Waals surface area contributed by atoms with E-state index in [1.807, 2.05) is 0 Å². The van der Waals surface area contributed by atoms with Crippen molar-refractivity contribution in [3.8, 4) is 0 Å². The highest BCUT2D eigenvalue weighted by Crippen LogP contribution is 2.41. The summed E-state index contributed by atoms with van der Waals surface area (Å²) < 4.78 is 119. The fraction of sp³-hybridized carbons (Fsp3) is 0.435. The summed E-state index contributed by atoms with van der Waals surface area (Å²) in [5, 5.41) is 9.11. The van der Waals surface area contributed by atoms with E-state index >= 15 is 0 Å². The van der Waals surface area contributed by atoms with Crippen LogP contribution in [0.15, 0.2) is 42.5 Å². The third kappa shape index (κ3) is 6.68. The van der Waals surface area contributed by atoms with E-state index in [1.54, 1.807) is 0 Å². The standard InChI is InChI=1S/C23H20F9NO2/c24-21(25,26)16-3-1-14(2-4-16)19-9-13(10-20(34)35)7-8-33(19)12-15-11-17(22(27,28)29)5-6-18(15)23(30,31)32/h1-6,11,13,19H,7-10,12H2,(H,34,35)/t13-,19+/m1/s1. The highest BCUT2D eigenvalue weighted by atomic mass is 19.4. The molecule has 1 aliphatic heterocycles. The molecule has 0 aliphatic carbocycles. The number of carboxylic acid groups (broad SMARTS) is 1. The number of nitrogens with zero attached hydrogens (tertiary/aromatic N) is 1. The number of halogens is 9. The van der Waals surface area contributed by atoms with Crippen LogP contribution in [0.5, 0.6) is 0 Å². The Morgan fingerprint density at radius 1 is 0.857 bits per heavy atom. The first-order valence-corrected chi connectivity index (χ1v) is 10.5. The molecule has 0 amide bonds. The van der Waals surface area contributed by atoms with E-state index in [-0.39, 0.29) is 25.8 Å². The van der Waals surface area contributed by atoms with E-state index in [1.165, 1.54) is 4.90 Å². The summed E-state index contributed by atoms with van der Waals surface area (Å²) in [6, 6.07) is 4.27. The number of benzene rings is 2. The fourth-order valence-electron chi connectivity index (χ4n) is 4.35. The van der Waals surface area contributed by atoms with E-state index in [0.29, 0.717) is 23.8 Å². The predicted molar refractivity (Wildman–Crippen MR) is 106 cm³/mol. The summed E-state index contributed by atoms with van der Waals surface area (Å²) in [7, 11) is 0. The normalized spacial score (nSPS) is 20.1. The van der Waals surface area contributed by atoms with E-state index < -0.39 is 65.3 Å². The van der Waals surface area contributed by atoms with Gasteiger partial charge in [-0.1, -0.05) is 12.1 Å². The topological polar surface area (TPSA) is 40.5 Å². The molecule has 1 N–H and O–H groups in total. The van der Waals surface area contributed by atoms with Crippen LogP contribution in [0.2, 0.25) is 0 Å². The summed E-state index contributed by atoms with van der Waals surface area (Å²) in [6.07, 6.45) is -14.3. The van der Waals surface area contributed by atoms with E-state index in [2.05, 4.69) is 0 Å². The van der Waals surface area contributed by atoms with Gasteiger partial charge in [0.25, 0.3) is 0 Å². The summed E-state index contributed by atoms with van der Waals surface area (Å²) >= 11 is 0. The van der Waals surface area contributed by atoms with Gasteiger partial charge in [0.15, 0.2) is 0 Å². The highest BCUT2D eigenvalue weighted by molar-refractivity contribution is 5.67. The summed E-state index contributed by atoms with van der Waals surface area (Å²) in [5.41, 5.74) is -3.77. The van der Waals surface area contributed by atoms with Gasteiger partial charge in [0.1, 0.15) is 0 Å². The molecule has 35 heavy (non-hydrogen) atoms. The van der Waals surface area contributed by atoms with Crippen molar-refractivity contribution in [1.82, 2.24) is 4.90 Å². The maximum absolute atomic E-state index is 13.5. The van der Waals surface area contributed by atoms with Crippen LogP contribution in [0.3, 0.4) is 0 Å². The molecule has 192 valence electrons. The molecule has 0 unspecified atom stereocenters. The number of carboxylic acids is 1. The Morgan fingerprint density at radius 2 is 1.43 bits per heavy atom. The number of rotatable bonds is 5. The van der Waals surface area contributed by atoms with Gasteiger partial charge in [-0.2, -0.15) is 39.5 Å². The second-order valence-corrected chi connectivity index (χ2v) is 8.46. The average Bonchev–Trinajstić information content (AvgIpc) is 2.72. The van der Waals surface area contributed by atoms with Crippen molar-refractivity contribution >= 4 is 5.97 Å². The molecule has 2 aromatic carbocycles. The van der Waals surface area contributed by atoms with Crippen LogP contribution in [0.1, 0.15) is 53.1 Å². The molecule has 1 heterocycles. The van der Waals surface area contributed by atoms with Gasteiger partial charge in [-0.15, -0.1) is 0 Å². The van der Waals surface area contributed by atoms with Crippen LogP contribution in [0.25, 0.3) is 0 Å². The molecule has 0 saturated carbocycles. The molecule has 0 spiro atoms. The molecular formula is C23H20F9NO2. The monoisotopic (exact) mass is 513 g/mol. The molecule has 2 atom stereocenters. The van der Waals surface area contributed by atoms with Gasteiger partial charge >= 0.3 is 24.5 Å². The lowest BCUT2D eigenvalue weighted by Gasteiger charge is -2.40. The van der Waals surface area contributed by atoms with Crippen molar-refractivity contribution in [1.29, 1.82) is 0 Å². The first-order chi connectivity index (χ1) is 16.1. The Balaban J connectivity index is 1.99. The van der Waals surface area contributed by atoms with Gasteiger partial charge in [-0.05, 0) is 66.8 Å². The first kappa shape index (κ1) is 26.8. The van der Waals surface area contributed by atoms with Crippen molar-refractivity contribution in [3.63, 3.8) is 0 Å². The van der Waals surface area contributed by atoms with Crippen LogP contribution < -0.4 is 0 Å². The number of piperidine rings is 1. The number of likely N-dealkylation sites (tertiary alicyclic amines) is 1. The number of hydrogen-bond acceptors (Lipinski definition) is 2. The molecule has 2 aromatic rings. The Bertz CT molecular complexity index is 1040. The lowest BCUT2D eigenvalue weighted by atomic mass is 9.84. The Morgan fingerprint density at radius 3 is 1.94 bits per heavy atom. The van der Waals surface area contributed by atoms with Crippen molar-refractivity contribution in [2.24, 2.45) is 5.92 Å². The number of carbonyl (C=O) groups is 1. The van der Waals surface area contributed by atoms with E-state index in [4.69, 9.17) is 5.11 Å². The maximum Gasteiger partial charge on any atom is 0.416 e. The van der Waals surface area contributed by atoms with Gasteiger partial charge in [-0.25, -0.2) is 0 Å². The van der Waals surface area contributed by atoms with Gasteiger partial charge in [-0.3, -0.25) is 9.69 Å². The summed E-state index contributed by atoms with van der Waals surface area (Å²) in [6.45, 7) is -0.499. The Labute approximate surface area is 194 Å². The van der Waals surface area contributed by atoms with Crippen molar-refractivity contribution in [2.75, 3.05) is 6.54 Å². The predicted octanol–water partition coefficient (Wildman–Crippen LogP) is 7.17. The highest BCUT2D eigenvalue weighted by Gasteiger charge is 2.39. The third-order valence-electron chi connectivity index (χ3n) is 6.02. The largest absolute Gasteiger partial charge is 0.481 e. The van der Waals surface area contributed by atoms with Crippen LogP contribution in [0.4, 0.5) is 39.5 Å². The number of hydrogen-bond donors (Lipinski definition) is 1. The smallest absolute Gasteiger partial charge is 0.416 e. The van der Waals surface area contributed by atoms with Crippen molar-refractivity contribution < 1.29 is 49.4 Å². The minimum absolute atomic E-state index is 0.0528. The van der Waals surface area contributed by atoms with Crippen molar-refractivity contribution in [2.45, 2.75) is 50.4 Å². The average molecular weight is 513 g/mol. The van der Waals surface area contributed by atoms with Crippen LogP contribution in [0, 0.1) is 5.92 Å². The third-order valence-corrected chi connectivity index (χ3v) is 6.02. The molecule has 0 aromatic heterocycles. The second kappa shape index (κ2) is 9.71. The SMILES string of the molecule is O=C(O)C[C@@H]1CCN(Cc2cc(C(F)(F)F)ccc2C(F)(F)F)[C@H](c2ccc(C(F)(F)F)cc2)C1. The lowest BCUT2D eigenvalue weighted by molar-refractivity contribution is -0.142. The molecule has 0 bridgehead atoms. The molecule has 1 aliphatic rings. The number of aliphatic carboxylic acids is 1. The maximum atomic E-state index is 13.5. The van der Waals surface area contributed by atoms with Gasteiger partial charge in [0.05, 0.1) is 16.7 Å². The fourth-order valence-corrected chi connectivity index (χ4v) is 4.35. The molecule has 3 nitrogen and oxygen atoms in total. The molecule has 1 saturated heterocycles. The Kier molecular flexibility index (Phi) is 7.45. The zero-order valence-corrected chi connectivity index (χ0v) is 17.9. The van der Waals surface area contributed by atoms with E-state index in [9.17, 15) is 44.3 Å². The summed E-state index contributed by atoms with van der Waals surface area (Å²) in [5.74, 6) is -1.51. The second-order valence-electron chi connectivity index (χ2n) is 8.46. The zero-order chi connectivity index (χ0) is 26.2. The number of alkyl halides is 9. The van der Waals surface area contributed by atoms with Crippen molar-refractivity contribution in [3.05, 3.63) is 70.3 Å². The van der Waals surface area contributed by atoms with Gasteiger partial charge in [0.2, 0.25) is 0 Å². The molecule has 1 fully saturated rings. The Hall–Kier alpha value is -2.76. The summed E-state index contributed by atoms with van der Waals surface area (Å²) in [4.78, 5) is 12.6. The molecular weight excluding hydrogens is 493 g/mol. The van der Waals surface area contributed by atoms with Crippen LogP contribution >= 0.6 is 0 Å². The van der Waals surface area contributed by atoms with E-state index in [0.717, 1.165) is 24.3 Å². The van der Waals surface area contributed by atoms with Gasteiger partial charge < -0.3 is 5.11 Å². The first-order valence-electron chi connectivity index (χ1n) is 10.5. The molecule has 0 radical (unpaired) electrons. The molecule has 12 heteroatoms. The van der Waals surface area contributed by atoms with Gasteiger partial charge in [0, 0.05) is 19.0 Å². The minimum Gasteiger partial charge on any atom is -0.481 e. The molecule has 3 rings (SSSR count). The van der Waals surface area contributed by atoms with Crippen LogP contribution in [-0.2, 0) is 29.9 Å². The van der Waals surface area contributed by atoms with Crippen LogP contribution in [-0.4, -0.2) is 22.5 Å². The zero-order valence-electron chi connectivity index (χ0n) is 17.9. The lowest BCUT2D eigenvalue weighted by Crippen LogP contribution is -2.37. The quantitative estimate of drug-likeness (QED) is 0.431. The minimum atomic E-state index is -4.93.